The summed E-state index contributed by atoms with van der Waals surface area (Å²) in [6.45, 7) is 2.07. The van der Waals surface area contributed by atoms with E-state index in [9.17, 15) is 9.59 Å². The Hall–Kier alpha value is -1.43. The summed E-state index contributed by atoms with van der Waals surface area (Å²) in [4.78, 5) is 29.7. The number of aromatic nitrogens is 1. The smallest absolute Gasteiger partial charge is 0.251 e. The molecule has 2 rings (SSSR count). The van der Waals surface area contributed by atoms with Crippen LogP contribution in [0.3, 0.4) is 0 Å². The van der Waals surface area contributed by atoms with Crippen molar-refractivity contribution < 1.29 is 9.59 Å². The van der Waals surface area contributed by atoms with E-state index in [1.807, 2.05) is 4.90 Å². The van der Waals surface area contributed by atoms with Gasteiger partial charge >= 0.3 is 0 Å². The molecule has 1 aliphatic heterocycles. The number of likely N-dealkylation sites (tertiary alicyclic amines) is 1. The van der Waals surface area contributed by atoms with Gasteiger partial charge in [-0.15, -0.1) is 0 Å². The van der Waals surface area contributed by atoms with Crippen LogP contribution in [0.2, 0.25) is 0 Å². The molecule has 6 heteroatoms. The molecule has 1 fully saturated rings. The van der Waals surface area contributed by atoms with E-state index in [4.69, 9.17) is 0 Å². The van der Waals surface area contributed by atoms with E-state index in [1.165, 1.54) is 6.42 Å². The monoisotopic (exact) mass is 339 g/mol. The van der Waals surface area contributed by atoms with E-state index in [-0.39, 0.29) is 11.8 Å². The van der Waals surface area contributed by atoms with Gasteiger partial charge in [-0.25, -0.2) is 4.98 Å². The van der Waals surface area contributed by atoms with Crippen molar-refractivity contribution in [2.75, 3.05) is 19.6 Å². The Morgan fingerprint density at radius 3 is 2.75 bits per heavy atom. The molecular formula is C14H18BrN3O2. The van der Waals surface area contributed by atoms with Gasteiger partial charge in [0.25, 0.3) is 5.91 Å². The van der Waals surface area contributed by atoms with Gasteiger partial charge in [-0.1, -0.05) is 0 Å². The number of nitrogens with one attached hydrogen (secondary N) is 1. The van der Waals surface area contributed by atoms with Crippen molar-refractivity contribution in [1.82, 2.24) is 15.2 Å². The van der Waals surface area contributed by atoms with Crippen molar-refractivity contribution in [3.05, 3.63) is 28.5 Å². The fourth-order valence-corrected chi connectivity index (χ4v) is 2.59. The lowest BCUT2D eigenvalue weighted by Crippen LogP contribution is -2.37. The van der Waals surface area contributed by atoms with Crippen LogP contribution in [-0.2, 0) is 4.79 Å². The first-order valence-electron chi connectivity index (χ1n) is 6.84. The van der Waals surface area contributed by atoms with E-state index < -0.39 is 0 Å². The molecule has 0 atom stereocenters. The lowest BCUT2D eigenvalue weighted by molar-refractivity contribution is -0.131. The Kier molecular flexibility index (Phi) is 5.52. The largest absolute Gasteiger partial charge is 0.352 e. The van der Waals surface area contributed by atoms with Crippen LogP contribution in [0.5, 0.6) is 0 Å². The summed E-state index contributed by atoms with van der Waals surface area (Å²) >= 11 is 3.22. The highest BCUT2D eigenvalue weighted by Crippen LogP contribution is 2.10. The van der Waals surface area contributed by atoms with Crippen LogP contribution < -0.4 is 5.32 Å². The molecule has 5 nitrogen and oxygen atoms in total. The van der Waals surface area contributed by atoms with Crippen molar-refractivity contribution >= 4 is 27.7 Å². The average Bonchev–Trinajstić information content (AvgIpc) is 2.48. The normalized spacial score (nSPS) is 14.9. The molecule has 0 saturated carbocycles. The first kappa shape index (κ1) is 15.0. The number of nitrogens with zero attached hydrogens (tertiary/aromatic N) is 2. The van der Waals surface area contributed by atoms with E-state index in [0.717, 1.165) is 25.9 Å². The molecule has 1 N–H and O–H groups in total. The Morgan fingerprint density at radius 2 is 2.05 bits per heavy atom. The van der Waals surface area contributed by atoms with Crippen LogP contribution in [0.4, 0.5) is 0 Å². The topological polar surface area (TPSA) is 62.3 Å². The van der Waals surface area contributed by atoms with Gasteiger partial charge in [-0.05, 0) is 47.3 Å². The van der Waals surface area contributed by atoms with Crippen molar-refractivity contribution in [3.63, 3.8) is 0 Å². The summed E-state index contributed by atoms with van der Waals surface area (Å²) in [5, 5.41) is 2.76. The van der Waals surface area contributed by atoms with Crippen molar-refractivity contribution in [1.29, 1.82) is 0 Å². The molecule has 108 valence electrons. The second-order valence-corrected chi connectivity index (χ2v) is 5.63. The summed E-state index contributed by atoms with van der Waals surface area (Å²) < 4.78 is 0.620. The maximum Gasteiger partial charge on any atom is 0.251 e. The first-order valence-corrected chi connectivity index (χ1v) is 7.63. The zero-order valence-electron chi connectivity index (χ0n) is 11.3. The summed E-state index contributed by atoms with van der Waals surface area (Å²) in [6.07, 6.45) is 5.31. The van der Waals surface area contributed by atoms with E-state index >= 15 is 0 Å². The third-order valence-electron chi connectivity index (χ3n) is 3.32. The molecule has 1 aromatic rings. The molecular weight excluding hydrogens is 322 g/mol. The quantitative estimate of drug-likeness (QED) is 0.853. The summed E-state index contributed by atoms with van der Waals surface area (Å²) in [7, 11) is 0. The number of carbonyl (C=O) groups is 2. The van der Waals surface area contributed by atoms with E-state index in [0.29, 0.717) is 23.1 Å². The molecule has 1 aromatic heterocycles. The van der Waals surface area contributed by atoms with Crippen LogP contribution in [0, 0.1) is 0 Å². The molecule has 2 heterocycles. The Bertz CT molecular complexity index is 487. The van der Waals surface area contributed by atoms with Crippen LogP contribution in [-0.4, -0.2) is 41.3 Å². The second-order valence-electron chi connectivity index (χ2n) is 4.81. The maximum absolute atomic E-state index is 11.9. The lowest BCUT2D eigenvalue weighted by Gasteiger charge is -2.26. The van der Waals surface area contributed by atoms with Crippen LogP contribution in [0.1, 0.15) is 36.0 Å². The highest BCUT2D eigenvalue weighted by molar-refractivity contribution is 9.10. The molecule has 0 aromatic carbocycles. The number of hydrogen-bond acceptors (Lipinski definition) is 3. The highest BCUT2D eigenvalue weighted by atomic mass is 79.9. The van der Waals surface area contributed by atoms with E-state index in [1.54, 1.807) is 18.3 Å². The van der Waals surface area contributed by atoms with Gasteiger partial charge in [-0.3, -0.25) is 9.59 Å². The predicted molar refractivity (Wildman–Crippen MR) is 79.3 cm³/mol. The van der Waals surface area contributed by atoms with Crippen LogP contribution in [0.15, 0.2) is 22.9 Å². The number of piperidine rings is 1. The third kappa shape index (κ3) is 4.30. The zero-order valence-corrected chi connectivity index (χ0v) is 12.9. The van der Waals surface area contributed by atoms with Gasteiger partial charge in [0.05, 0.1) is 0 Å². The molecule has 0 unspecified atom stereocenters. The van der Waals surface area contributed by atoms with Crippen molar-refractivity contribution in [2.24, 2.45) is 0 Å². The van der Waals surface area contributed by atoms with Crippen molar-refractivity contribution in [3.8, 4) is 0 Å². The second kappa shape index (κ2) is 7.38. The van der Waals surface area contributed by atoms with Gasteiger partial charge in [0, 0.05) is 37.8 Å². The molecule has 0 spiro atoms. The summed E-state index contributed by atoms with van der Waals surface area (Å²) in [5.41, 5.74) is 0.539. The van der Waals surface area contributed by atoms with Gasteiger partial charge in [0.15, 0.2) is 0 Å². The highest BCUT2D eigenvalue weighted by Gasteiger charge is 2.16. The van der Waals surface area contributed by atoms with Gasteiger partial charge in [0.2, 0.25) is 5.91 Å². The molecule has 0 bridgehead atoms. The SMILES string of the molecule is O=C(NCCC(=O)N1CCCCC1)c1ccnc(Br)c1. The number of hydrogen-bond donors (Lipinski definition) is 1. The van der Waals surface area contributed by atoms with Gasteiger partial charge in [-0.2, -0.15) is 0 Å². The lowest BCUT2D eigenvalue weighted by atomic mass is 10.1. The predicted octanol–water partition coefficient (Wildman–Crippen LogP) is 1.98. The Morgan fingerprint density at radius 1 is 1.30 bits per heavy atom. The minimum absolute atomic E-state index is 0.126. The number of pyridine rings is 1. The van der Waals surface area contributed by atoms with Gasteiger partial charge < -0.3 is 10.2 Å². The maximum atomic E-state index is 11.9. The van der Waals surface area contributed by atoms with Crippen LogP contribution in [0.25, 0.3) is 0 Å². The fraction of sp³-hybridized carbons (Fsp3) is 0.500. The fourth-order valence-electron chi connectivity index (χ4n) is 2.23. The molecule has 1 aliphatic rings. The van der Waals surface area contributed by atoms with Crippen molar-refractivity contribution in [2.45, 2.75) is 25.7 Å². The van der Waals surface area contributed by atoms with Crippen LogP contribution >= 0.6 is 15.9 Å². The summed E-state index contributed by atoms with van der Waals surface area (Å²) in [5.74, 6) is -0.0551. The number of carbonyl (C=O) groups excluding carboxylic acids is 2. The number of rotatable bonds is 4. The number of amides is 2. The molecule has 20 heavy (non-hydrogen) atoms. The Balaban J connectivity index is 1.75. The standard InChI is InChI=1S/C14H18BrN3O2/c15-12-10-11(4-6-16-12)14(20)17-7-5-13(19)18-8-2-1-3-9-18/h4,6,10H,1-3,5,7-9H2,(H,17,20). The third-order valence-corrected chi connectivity index (χ3v) is 3.76. The molecule has 0 radical (unpaired) electrons. The average molecular weight is 340 g/mol. The minimum Gasteiger partial charge on any atom is -0.352 e. The zero-order chi connectivity index (χ0) is 14.4. The number of halogens is 1. The Labute approximate surface area is 126 Å². The summed E-state index contributed by atoms with van der Waals surface area (Å²) in [6, 6.07) is 3.30. The minimum atomic E-state index is -0.181. The molecule has 1 saturated heterocycles. The first-order chi connectivity index (χ1) is 9.66. The van der Waals surface area contributed by atoms with E-state index in [2.05, 4.69) is 26.2 Å². The molecule has 0 aliphatic carbocycles. The molecule has 2 amide bonds. The van der Waals surface area contributed by atoms with Gasteiger partial charge in [0.1, 0.15) is 4.60 Å².